The van der Waals surface area contributed by atoms with Crippen molar-refractivity contribution in [2.24, 2.45) is 0 Å². The highest BCUT2D eigenvalue weighted by molar-refractivity contribution is 7.91. The molecule has 3 rings (SSSR count). The predicted molar refractivity (Wildman–Crippen MR) is 87.8 cm³/mol. The molecule has 2 aromatic rings. The van der Waals surface area contributed by atoms with Crippen LogP contribution in [0.25, 0.3) is 11.3 Å². The number of sulfone groups is 1. The Kier molecular flexibility index (Phi) is 4.40. The van der Waals surface area contributed by atoms with E-state index in [9.17, 15) is 17.6 Å². The number of aromatic amines is 1. The summed E-state index contributed by atoms with van der Waals surface area (Å²) in [4.78, 5) is 14.2. The standard InChI is InChI=1S/C16H18FN3O3S/c1-2-20(13-7-8-24(22,23)10-13)16(21)15-9-14(18-19-15)11-3-5-12(17)6-4-11/h3-6,9,13H,2,7-8,10H2,1H3,(H,18,19). The molecule has 1 amide bonds. The van der Waals surface area contributed by atoms with Crippen molar-refractivity contribution in [2.45, 2.75) is 19.4 Å². The van der Waals surface area contributed by atoms with Crippen molar-refractivity contribution in [3.63, 3.8) is 0 Å². The van der Waals surface area contributed by atoms with Crippen LogP contribution in [0, 0.1) is 5.82 Å². The Morgan fingerprint density at radius 2 is 2.08 bits per heavy atom. The van der Waals surface area contributed by atoms with E-state index in [1.54, 1.807) is 23.1 Å². The number of nitrogens with one attached hydrogen (secondary N) is 1. The lowest BCUT2D eigenvalue weighted by molar-refractivity contribution is 0.0702. The normalized spacial score (nSPS) is 19.3. The van der Waals surface area contributed by atoms with E-state index in [-0.39, 0.29) is 29.3 Å². The van der Waals surface area contributed by atoms with E-state index in [4.69, 9.17) is 0 Å². The van der Waals surface area contributed by atoms with E-state index >= 15 is 0 Å². The number of hydrogen-bond acceptors (Lipinski definition) is 4. The van der Waals surface area contributed by atoms with Crippen molar-refractivity contribution >= 4 is 15.7 Å². The third kappa shape index (κ3) is 3.33. The Balaban J connectivity index is 1.80. The lowest BCUT2D eigenvalue weighted by Gasteiger charge is -2.26. The van der Waals surface area contributed by atoms with Crippen LogP contribution >= 0.6 is 0 Å². The van der Waals surface area contributed by atoms with Gasteiger partial charge in [0, 0.05) is 18.2 Å². The van der Waals surface area contributed by atoms with Crippen molar-refractivity contribution < 1.29 is 17.6 Å². The van der Waals surface area contributed by atoms with Gasteiger partial charge in [-0.05, 0) is 43.7 Å². The maximum Gasteiger partial charge on any atom is 0.272 e. The average Bonchev–Trinajstić information content (AvgIpc) is 3.16. The summed E-state index contributed by atoms with van der Waals surface area (Å²) < 4.78 is 36.3. The van der Waals surface area contributed by atoms with Gasteiger partial charge in [-0.3, -0.25) is 9.89 Å². The zero-order chi connectivity index (χ0) is 17.3. The molecule has 2 heterocycles. The molecule has 0 spiro atoms. The SMILES string of the molecule is CCN(C(=O)c1cc(-c2ccc(F)cc2)n[nH]1)C1CCS(=O)(=O)C1. The summed E-state index contributed by atoms with van der Waals surface area (Å²) in [7, 11) is -3.06. The molecule has 1 aromatic carbocycles. The highest BCUT2D eigenvalue weighted by Gasteiger charge is 2.34. The van der Waals surface area contributed by atoms with Crippen LogP contribution in [-0.2, 0) is 9.84 Å². The Hall–Kier alpha value is -2.22. The van der Waals surface area contributed by atoms with Crippen molar-refractivity contribution in [3.05, 3.63) is 41.8 Å². The molecule has 1 unspecified atom stereocenters. The minimum Gasteiger partial charge on any atom is -0.334 e. The van der Waals surface area contributed by atoms with Crippen LogP contribution in [0.3, 0.4) is 0 Å². The Morgan fingerprint density at radius 1 is 1.38 bits per heavy atom. The quantitative estimate of drug-likeness (QED) is 0.911. The second kappa shape index (κ2) is 6.35. The second-order valence-corrected chi connectivity index (χ2v) is 8.05. The van der Waals surface area contributed by atoms with E-state index in [2.05, 4.69) is 10.2 Å². The number of aromatic nitrogens is 2. The highest BCUT2D eigenvalue weighted by atomic mass is 32.2. The highest BCUT2D eigenvalue weighted by Crippen LogP contribution is 2.22. The van der Waals surface area contributed by atoms with Gasteiger partial charge in [0.1, 0.15) is 11.5 Å². The third-order valence-corrected chi connectivity index (χ3v) is 5.95. The average molecular weight is 351 g/mol. The molecule has 1 aliphatic heterocycles. The number of amides is 1. The number of nitrogens with zero attached hydrogens (tertiary/aromatic N) is 2. The van der Waals surface area contributed by atoms with Gasteiger partial charge < -0.3 is 4.90 Å². The van der Waals surface area contributed by atoms with Crippen LogP contribution in [0.15, 0.2) is 30.3 Å². The molecule has 1 atom stereocenters. The molecule has 1 aromatic heterocycles. The number of hydrogen-bond donors (Lipinski definition) is 1. The van der Waals surface area contributed by atoms with Crippen LogP contribution in [0.5, 0.6) is 0 Å². The Bertz CT molecular complexity index is 846. The largest absolute Gasteiger partial charge is 0.334 e. The molecule has 1 saturated heterocycles. The van der Waals surface area contributed by atoms with Crippen molar-refractivity contribution in [3.8, 4) is 11.3 Å². The number of halogens is 1. The summed E-state index contributed by atoms with van der Waals surface area (Å²) in [5.41, 5.74) is 1.52. The maximum absolute atomic E-state index is 13.0. The van der Waals surface area contributed by atoms with Gasteiger partial charge >= 0.3 is 0 Å². The van der Waals surface area contributed by atoms with Crippen LogP contribution < -0.4 is 0 Å². The summed E-state index contributed by atoms with van der Waals surface area (Å²) >= 11 is 0. The third-order valence-electron chi connectivity index (χ3n) is 4.20. The fourth-order valence-electron chi connectivity index (χ4n) is 2.94. The smallest absolute Gasteiger partial charge is 0.272 e. The van der Waals surface area contributed by atoms with Crippen molar-refractivity contribution in [2.75, 3.05) is 18.1 Å². The molecule has 24 heavy (non-hydrogen) atoms. The first-order chi connectivity index (χ1) is 11.4. The first-order valence-electron chi connectivity index (χ1n) is 7.72. The number of H-pyrrole nitrogens is 1. The zero-order valence-electron chi connectivity index (χ0n) is 13.2. The Morgan fingerprint density at radius 3 is 2.67 bits per heavy atom. The maximum atomic E-state index is 13.0. The summed E-state index contributed by atoms with van der Waals surface area (Å²) in [5.74, 6) is -0.498. The van der Waals surface area contributed by atoms with Crippen LogP contribution in [0.1, 0.15) is 23.8 Å². The van der Waals surface area contributed by atoms with E-state index in [0.29, 0.717) is 29.9 Å². The molecule has 1 aliphatic rings. The van der Waals surface area contributed by atoms with Gasteiger partial charge in [0.2, 0.25) is 0 Å². The first-order valence-corrected chi connectivity index (χ1v) is 9.54. The van der Waals surface area contributed by atoms with Gasteiger partial charge in [0.15, 0.2) is 9.84 Å². The van der Waals surface area contributed by atoms with Gasteiger partial charge in [-0.2, -0.15) is 5.10 Å². The van der Waals surface area contributed by atoms with Gasteiger partial charge in [-0.15, -0.1) is 0 Å². The molecule has 1 N–H and O–H groups in total. The van der Waals surface area contributed by atoms with Gasteiger partial charge in [0.05, 0.1) is 17.2 Å². The molecular formula is C16H18FN3O3S. The zero-order valence-corrected chi connectivity index (χ0v) is 14.0. The first kappa shape index (κ1) is 16.6. The topological polar surface area (TPSA) is 83.1 Å². The van der Waals surface area contributed by atoms with E-state index in [1.807, 2.05) is 6.92 Å². The Labute approximate surface area is 139 Å². The van der Waals surface area contributed by atoms with E-state index < -0.39 is 9.84 Å². The molecule has 128 valence electrons. The molecule has 0 bridgehead atoms. The molecule has 0 radical (unpaired) electrons. The fourth-order valence-corrected chi connectivity index (χ4v) is 4.67. The van der Waals surface area contributed by atoms with Crippen molar-refractivity contribution in [1.29, 1.82) is 0 Å². The number of benzene rings is 1. The van der Waals surface area contributed by atoms with Gasteiger partial charge in [0.25, 0.3) is 5.91 Å². The van der Waals surface area contributed by atoms with E-state index in [1.165, 1.54) is 12.1 Å². The predicted octanol–water partition coefficient (Wildman–Crippen LogP) is 1.86. The minimum atomic E-state index is -3.06. The summed E-state index contributed by atoms with van der Waals surface area (Å²) in [5, 5.41) is 6.79. The molecule has 0 aliphatic carbocycles. The lowest BCUT2D eigenvalue weighted by atomic mass is 10.1. The summed E-state index contributed by atoms with van der Waals surface area (Å²) in [6, 6.07) is 7.12. The molecule has 8 heteroatoms. The minimum absolute atomic E-state index is 0.00549. The van der Waals surface area contributed by atoms with Gasteiger partial charge in [-0.25, -0.2) is 12.8 Å². The number of carbonyl (C=O) groups excluding carboxylic acids is 1. The molecule has 6 nitrogen and oxygen atoms in total. The molecular weight excluding hydrogens is 333 g/mol. The fraction of sp³-hybridized carbons (Fsp3) is 0.375. The van der Waals surface area contributed by atoms with Crippen LogP contribution in [-0.4, -0.2) is 53.5 Å². The number of rotatable bonds is 4. The van der Waals surface area contributed by atoms with Crippen LogP contribution in [0.2, 0.25) is 0 Å². The second-order valence-electron chi connectivity index (χ2n) is 5.82. The molecule has 0 saturated carbocycles. The van der Waals surface area contributed by atoms with E-state index in [0.717, 1.165) is 0 Å². The van der Waals surface area contributed by atoms with Crippen LogP contribution in [0.4, 0.5) is 4.39 Å². The molecule has 1 fully saturated rings. The number of carbonyl (C=O) groups is 1. The monoisotopic (exact) mass is 351 g/mol. The van der Waals surface area contributed by atoms with Gasteiger partial charge in [-0.1, -0.05) is 0 Å². The summed E-state index contributed by atoms with van der Waals surface area (Å²) in [6.45, 7) is 2.24. The lowest BCUT2D eigenvalue weighted by Crippen LogP contribution is -2.41. The van der Waals surface area contributed by atoms with Crippen molar-refractivity contribution in [1.82, 2.24) is 15.1 Å². The summed E-state index contributed by atoms with van der Waals surface area (Å²) in [6.07, 6.45) is 0.459.